The highest BCUT2D eigenvalue weighted by molar-refractivity contribution is 5.97. The van der Waals surface area contributed by atoms with E-state index < -0.39 is 11.8 Å². The highest BCUT2D eigenvalue weighted by Gasteiger charge is 2.18. The number of aryl methyl sites for hydroxylation is 2. The first-order valence-corrected chi connectivity index (χ1v) is 6.43. The molecule has 0 atom stereocenters. The second-order valence-corrected chi connectivity index (χ2v) is 5.13. The monoisotopic (exact) mass is 272 g/mol. The van der Waals surface area contributed by atoms with E-state index in [-0.39, 0.29) is 5.56 Å². The Hall–Kier alpha value is -2.16. The molecule has 0 aliphatic heterocycles. The smallest absolute Gasteiger partial charge is 0.336 e. The van der Waals surface area contributed by atoms with Crippen molar-refractivity contribution >= 4 is 5.97 Å². The summed E-state index contributed by atoms with van der Waals surface area (Å²) < 4.78 is 13.6. The maximum absolute atomic E-state index is 13.6. The predicted molar refractivity (Wildman–Crippen MR) is 77.7 cm³/mol. The molecule has 0 saturated heterocycles. The fourth-order valence-electron chi connectivity index (χ4n) is 2.53. The van der Waals surface area contributed by atoms with Crippen molar-refractivity contribution in [3.05, 3.63) is 57.9 Å². The van der Waals surface area contributed by atoms with E-state index in [1.54, 1.807) is 0 Å². The summed E-state index contributed by atoms with van der Waals surface area (Å²) in [5.41, 5.74) is 5.51. The van der Waals surface area contributed by atoms with Crippen LogP contribution >= 0.6 is 0 Å². The van der Waals surface area contributed by atoms with Crippen molar-refractivity contribution in [2.45, 2.75) is 27.7 Å². The lowest BCUT2D eigenvalue weighted by Crippen LogP contribution is -2.03. The van der Waals surface area contributed by atoms with Crippen LogP contribution in [0.5, 0.6) is 0 Å². The van der Waals surface area contributed by atoms with Crippen molar-refractivity contribution < 1.29 is 14.3 Å². The summed E-state index contributed by atoms with van der Waals surface area (Å²) in [6.45, 7) is 7.83. The Morgan fingerprint density at radius 3 is 2.05 bits per heavy atom. The molecule has 0 aliphatic carbocycles. The van der Waals surface area contributed by atoms with Crippen LogP contribution in [-0.2, 0) is 0 Å². The lowest BCUT2D eigenvalue weighted by Gasteiger charge is -2.17. The van der Waals surface area contributed by atoms with Gasteiger partial charge in [0.1, 0.15) is 5.82 Å². The zero-order valence-electron chi connectivity index (χ0n) is 12.0. The third-order valence-corrected chi connectivity index (χ3v) is 3.85. The number of carboxylic acids is 1. The van der Waals surface area contributed by atoms with E-state index in [9.17, 15) is 14.3 Å². The predicted octanol–water partition coefficient (Wildman–Crippen LogP) is 4.42. The first kappa shape index (κ1) is 14.3. The second kappa shape index (κ2) is 5.08. The van der Waals surface area contributed by atoms with Gasteiger partial charge in [-0.2, -0.15) is 0 Å². The molecule has 0 amide bonds. The van der Waals surface area contributed by atoms with Crippen LogP contribution in [0.1, 0.15) is 32.6 Å². The SMILES string of the molecule is Cc1cc(C)c(C)c(-c2cc(F)ccc2C(=O)O)c1C. The zero-order chi connectivity index (χ0) is 15.0. The Kier molecular flexibility index (Phi) is 3.62. The third-order valence-electron chi connectivity index (χ3n) is 3.85. The van der Waals surface area contributed by atoms with Gasteiger partial charge in [-0.1, -0.05) is 6.07 Å². The molecular formula is C17H17FO2. The minimum atomic E-state index is -1.04. The number of carboxylic acid groups (broad SMARTS) is 1. The molecule has 2 nitrogen and oxygen atoms in total. The van der Waals surface area contributed by atoms with Gasteiger partial charge in [-0.3, -0.25) is 0 Å². The molecule has 0 spiro atoms. The lowest BCUT2D eigenvalue weighted by molar-refractivity contribution is 0.0697. The first-order valence-electron chi connectivity index (χ1n) is 6.43. The minimum Gasteiger partial charge on any atom is -0.478 e. The van der Waals surface area contributed by atoms with Crippen LogP contribution in [0.2, 0.25) is 0 Å². The molecule has 0 aromatic heterocycles. The maximum Gasteiger partial charge on any atom is 0.336 e. The number of hydrogen-bond donors (Lipinski definition) is 1. The van der Waals surface area contributed by atoms with Gasteiger partial charge in [-0.25, -0.2) is 9.18 Å². The van der Waals surface area contributed by atoms with Gasteiger partial charge in [0.2, 0.25) is 0 Å². The Balaban J connectivity index is 2.88. The van der Waals surface area contributed by atoms with Crippen molar-refractivity contribution in [3.63, 3.8) is 0 Å². The number of aromatic carboxylic acids is 1. The summed E-state index contributed by atoms with van der Waals surface area (Å²) in [6.07, 6.45) is 0. The van der Waals surface area contributed by atoms with Gasteiger partial charge in [-0.05, 0) is 79.3 Å². The largest absolute Gasteiger partial charge is 0.478 e. The topological polar surface area (TPSA) is 37.3 Å². The summed E-state index contributed by atoms with van der Waals surface area (Å²) in [4.78, 5) is 11.4. The Bertz CT molecular complexity index is 676. The maximum atomic E-state index is 13.6. The molecule has 3 heteroatoms. The van der Waals surface area contributed by atoms with E-state index in [0.29, 0.717) is 5.56 Å². The van der Waals surface area contributed by atoms with Gasteiger partial charge in [0.25, 0.3) is 0 Å². The lowest BCUT2D eigenvalue weighted by atomic mass is 9.87. The van der Waals surface area contributed by atoms with E-state index in [2.05, 4.69) is 6.07 Å². The summed E-state index contributed by atoms with van der Waals surface area (Å²) in [5, 5.41) is 9.32. The van der Waals surface area contributed by atoms with Crippen LogP contribution in [0.25, 0.3) is 11.1 Å². The summed E-state index contributed by atoms with van der Waals surface area (Å²) in [5.74, 6) is -1.47. The van der Waals surface area contributed by atoms with E-state index in [1.165, 1.54) is 18.2 Å². The number of benzene rings is 2. The number of carbonyl (C=O) groups is 1. The van der Waals surface area contributed by atoms with Crippen LogP contribution in [0, 0.1) is 33.5 Å². The van der Waals surface area contributed by atoms with Crippen molar-refractivity contribution in [1.82, 2.24) is 0 Å². The molecular weight excluding hydrogens is 255 g/mol. The zero-order valence-corrected chi connectivity index (χ0v) is 12.0. The summed E-state index contributed by atoms with van der Waals surface area (Å²) >= 11 is 0. The van der Waals surface area contributed by atoms with Crippen LogP contribution in [0.4, 0.5) is 4.39 Å². The third kappa shape index (κ3) is 2.31. The fraction of sp³-hybridized carbons (Fsp3) is 0.235. The van der Waals surface area contributed by atoms with Gasteiger partial charge >= 0.3 is 5.97 Å². The molecule has 2 aromatic carbocycles. The fourth-order valence-corrected chi connectivity index (χ4v) is 2.53. The molecule has 0 radical (unpaired) electrons. The van der Waals surface area contributed by atoms with Crippen molar-refractivity contribution in [2.24, 2.45) is 0 Å². The van der Waals surface area contributed by atoms with Crippen molar-refractivity contribution in [3.8, 4) is 11.1 Å². The van der Waals surface area contributed by atoms with Crippen LogP contribution in [0.3, 0.4) is 0 Å². The first-order chi connectivity index (χ1) is 9.32. The molecule has 0 unspecified atom stereocenters. The summed E-state index contributed by atoms with van der Waals surface area (Å²) in [6, 6.07) is 5.87. The molecule has 0 aliphatic rings. The molecule has 0 heterocycles. The van der Waals surface area contributed by atoms with Gasteiger partial charge in [0, 0.05) is 0 Å². The van der Waals surface area contributed by atoms with Crippen LogP contribution < -0.4 is 0 Å². The molecule has 0 fully saturated rings. The van der Waals surface area contributed by atoms with Crippen molar-refractivity contribution in [2.75, 3.05) is 0 Å². The molecule has 1 N–H and O–H groups in total. The molecule has 104 valence electrons. The second-order valence-electron chi connectivity index (χ2n) is 5.13. The van der Waals surface area contributed by atoms with Crippen molar-refractivity contribution in [1.29, 1.82) is 0 Å². The molecule has 20 heavy (non-hydrogen) atoms. The van der Waals surface area contributed by atoms with Gasteiger partial charge in [0.05, 0.1) is 5.56 Å². The number of hydrogen-bond acceptors (Lipinski definition) is 1. The highest BCUT2D eigenvalue weighted by Crippen LogP contribution is 2.34. The Morgan fingerprint density at radius 1 is 1.00 bits per heavy atom. The van der Waals surface area contributed by atoms with Crippen LogP contribution in [0.15, 0.2) is 24.3 Å². The summed E-state index contributed by atoms with van der Waals surface area (Å²) in [7, 11) is 0. The van der Waals surface area contributed by atoms with Gasteiger partial charge < -0.3 is 5.11 Å². The highest BCUT2D eigenvalue weighted by atomic mass is 19.1. The average Bonchev–Trinajstić information content (AvgIpc) is 2.36. The Morgan fingerprint density at radius 2 is 1.55 bits per heavy atom. The molecule has 0 bridgehead atoms. The van der Waals surface area contributed by atoms with Gasteiger partial charge in [-0.15, -0.1) is 0 Å². The standard InChI is InChI=1S/C17H17FO2/c1-9-7-10(2)12(4)16(11(9)3)15-8-13(18)5-6-14(15)17(19)20/h5-8H,1-4H3,(H,19,20). The quantitative estimate of drug-likeness (QED) is 0.878. The number of halogens is 1. The van der Waals surface area contributed by atoms with E-state index in [0.717, 1.165) is 27.8 Å². The normalized spacial score (nSPS) is 10.7. The van der Waals surface area contributed by atoms with E-state index in [1.807, 2.05) is 27.7 Å². The van der Waals surface area contributed by atoms with Crippen LogP contribution in [-0.4, -0.2) is 11.1 Å². The molecule has 0 saturated carbocycles. The average molecular weight is 272 g/mol. The van der Waals surface area contributed by atoms with Gasteiger partial charge in [0.15, 0.2) is 0 Å². The number of rotatable bonds is 2. The van der Waals surface area contributed by atoms with E-state index in [4.69, 9.17) is 0 Å². The minimum absolute atomic E-state index is 0.127. The van der Waals surface area contributed by atoms with E-state index >= 15 is 0 Å². The molecule has 2 aromatic rings. The Labute approximate surface area is 117 Å². The molecule has 2 rings (SSSR count).